The minimum atomic E-state index is -0.498. The highest BCUT2D eigenvalue weighted by atomic mass is 32.2. The van der Waals surface area contributed by atoms with Gasteiger partial charge >= 0.3 is 5.63 Å². The molecule has 9 heteroatoms. The van der Waals surface area contributed by atoms with E-state index < -0.39 is 5.63 Å². The maximum Gasteiger partial charge on any atom is 0.339 e. The number of benzene rings is 1. The molecule has 5 fully saturated rings. The summed E-state index contributed by atoms with van der Waals surface area (Å²) in [6.07, 6.45) is 8.13. The summed E-state index contributed by atoms with van der Waals surface area (Å²) in [5.41, 5.74) is 0.699. The summed E-state index contributed by atoms with van der Waals surface area (Å²) in [5.74, 6) is 4.45. The Bertz CT molecular complexity index is 1510. The molecule has 4 bridgehead atoms. The van der Waals surface area contributed by atoms with Gasteiger partial charge in [-0.15, -0.1) is 0 Å². The van der Waals surface area contributed by atoms with E-state index in [1.54, 1.807) is 12.1 Å². The molecule has 0 unspecified atom stereocenters. The Hall–Kier alpha value is -2.88. The molecule has 196 valence electrons. The Kier molecular flexibility index (Phi) is 5.98. The number of hydrogen-bond acceptors (Lipinski definition) is 8. The maximum atomic E-state index is 13.6. The number of nitrogens with zero attached hydrogens (tertiary/aromatic N) is 1. The average Bonchev–Trinajstić information content (AvgIpc) is 3.46. The topological polar surface area (TPSA) is 82.1 Å². The second kappa shape index (κ2) is 9.39. The number of thioether (sulfide) groups is 1. The molecule has 5 aliphatic rings. The first kappa shape index (κ1) is 24.2. The molecule has 7 nitrogen and oxygen atoms in total. The Morgan fingerprint density at radius 3 is 2.53 bits per heavy atom. The van der Waals surface area contributed by atoms with Gasteiger partial charge in [0.05, 0.1) is 16.4 Å². The van der Waals surface area contributed by atoms with Crippen LogP contribution in [0.5, 0.6) is 5.75 Å². The van der Waals surface area contributed by atoms with Crippen LogP contribution in [0.2, 0.25) is 0 Å². The van der Waals surface area contributed by atoms with Gasteiger partial charge in [0, 0.05) is 24.8 Å². The lowest BCUT2D eigenvalue weighted by Gasteiger charge is -2.56. The quantitative estimate of drug-likeness (QED) is 0.159. The number of ether oxygens (including phenoxy) is 2. The summed E-state index contributed by atoms with van der Waals surface area (Å²) in [4.78, 5) is 28.0. The fraction of sp³-hybridized carbons (Fsp3) is 0.414. The zero-order chi connectivity index (χ0) is 26.0. The third-order valence-corrected chi connectivity index (χ3v) is 9.85. The van der Waals surface area contributed by atoms with Gasteiger partial charge in [0.1, 0.15) is 27.2 Å². The summed E-state index contributed by atoms with van der Waals surface area (Å²) in [6.45, 7) is 0.00927. The van der Waals surface area contributed by atoms with Crippen molar-refractivity contribution in [3.8, 4) is 17.1 Å². The van der Waals surface area contributed by atoms with Gasteiger partial charge < -0.3 is 18.3 Å². The van der Waals surface area contributed by atoms with Crippen molar-refractivity contribution in [2.24, 2.45) is 23.7 Å². The van der Waals surface area contributed by atoms with E-state index in [4.69, 9.17) is 30.5 Å². The molecular weight excluding hydrogens is 522 g/mol. The number of carbonyl (C=O) groups excluding carboxylic acids is 1. The Labute approximate surface area is 229 Å². The molecule has 1 amide bonds. The van der Waals surface area contributed by atoms with Crippen LogP contribution in [0, 0.1) is 23.7 Å². The summed E-state index contributed by atoms with van der Waals surface area (Å²) in [6, 6.07) is 10.6. The first-order valence-corrected chi connectivity index (χ1v) is 14.3. The monoisotopic (exact) mass is 549 g/mol. The lowest BCUT2D eigenvalue weighted by molar-refractivity contribution is -0.130. The smallest absolute Gasteiger partial charge is 0.339 e. The molecule has 2 aromatic heterocycles. The molecule has 1 aromatic carbocycles. The van der Waals surface area contributed by atoms with Crippen molar-refractivity contribution in [2.45, 2.75) is 38.1 Å². The zero-order valence-electron chi connectivity index (χ0n) is 20.9. The summed E-state index contributed by atoms with van der Waals surface area (Å²) in [5, 5.41) is 0.633. The number of fused-ring (bicyclic) bond motifs is 1. The molecule has 0 atom stereocenters. The SMILES string of the molecule is COCOc1cc(=O)oc2ccc(-c3ccc(/C=C4/SC(=S)N(C5C6CC7CC(C6)CC5C7)C4=O)o3)cc12. The van der Waals surface area contributed by atoms with E-state index in [1.165, 1.54) is 57.0 Å². The Morgan fingerprint density at radius 1 is 1.03 bits per heavy atom. The van der Waals surface area contributed by atoms with Crippen molar-refractivity contribution in [3.05, 3.63) is 57.5 Å². The molecule has 8 rings (SSSR count). The van der Waals surface area contributed by atoms with Crippen molar-refractivity contribution in [1.82, 2.24) is 4.90 Å². The van der Waals surface area contributed by atoms with Gasteiger partial charge in [-0.2, -0.15) is 0 Å². The van der Waals surface area contributed by atoms with Crippen LogP contribution in [0.1, 0.15) is 37.9 Å². The molecule has 3 heterocycles. The number of furan rings is 1. The third-order valence-electron chi connectivity index (χ3n) is 8.52. The van der Waals surface area contributed by atoms with Crippen LogP contribution in [-0.4, -0.2) is 35.1 Å². The first-order valence-electron chi connectivity index (χ1n) is 13.0. The van der Waals surface area contributed by atoms with Crippen LogP contribution in [0.15, 0.2) is 54.9 Å². The molecule has 4 aliphatic carbocycles. The number of methoxy groups -OCH3 is 1. The van der Waals surface area contributed by atoms with Gasteiger partial charge in [-0.3, -0.25) is 9.69 Å². The maximum absolute atomic E-state index is 13.6. The lowest BCUT2D eigenvalue weighted by atomic mass is 9.54. The third kappa shape index (κ3) is 4.12. The highest BCUT2D eigenvalue weighted by molar-refractivity contribution is 8.26. The minimum absolute atomic E-state index is 0.00927. The van der Waals surface area contributed by atoms with Gasteiger partial charge in [0.15, 0.2) is 6.79 Å². The second-order valence-electron chi connectivity index (χ2n) is 10.9. The number of carbonyl (C=O) groups is 1. The fourth-order valence-corrected chi connectivity index (χ4v) is 8.62. The van der Waals surface area contributed by atoms with E-state index in [2.05, 4.69) is 0 Å². The van der Waals surface area contributed by atoms with Crippen LogP contribution >= 0.6 is 24.0 Å². The minimum Gasteiger partial charge on any atom is -0.467 e. The molecule has 1 saturated heterocycles. The fourth-order valence-electron chi connectivity index (χ4n) is 7.30. The molecule has 1 aliphatic heterocycles. The highest BCUT2D eigenvalue weighted by Crippen LogP contribution is 2.56. The van der Waals surface area contributed by atoms with Gasteiger partial charge in [0.25, 0.3) is 5.91 Å². The van der Waals surface area contributed by atoms with E-state index in [9.17, 15) is 9.59 Å². The number of amides is 1. The van der Waals surface area contributed by atoms with Gasteiger partial charge in [-0.25, -0.2) is 4.79 Å². The van der Waals surface area contributed by atoms with E-state index >= 15 is 0 Å². The number of thiocarbonyl (C=S) groups is 1. The second-order valence-corrected chi connectivity index (χ2v) is 12.5. The Balaban J connectivity index is 1.15. The molecule has 0 N–H and O–H groups in total. The average molecular weight is 550 g/mol. The van der Waals surface area contributed by atoms with Crippen LogP contribution in [-0.2, 0) is 9.53 Å². The molecule has 38 heavy (non-hydrogen) atoms. The zero-order valence-corrected chi connectivity index (χ0v) is 22.5. The van der Waals surface area contributed by atoms with Gasteiger partial charge in [-0.1, -0.05) is 24.0 Å². The van der Waals surface area contributed by atoms with Crippen LogP contribution in [0.4, 0.5) is 0 Å². The van der Waals surface area contributed by atoms with Crippen LogP contribution in [0.3, 0.4) is 0 Å². The molecule has 0 radical (unpaired) electrons. The largest absolute Gasteiger partial charge is 0.467 e. The summed E-state index contributed by atoms with van der Waals surface area (Å²) in [7, 11) is 1.51. The van der Waals surface area contributed by atoms with Crippen molar-refractivity contribution < 1.29 is 23.1 Å². The number of hydrogen-bond donors (Lipinski definition) is 0. The van der Waals surface area contributed by atoms with Gasteiger partial charge in [-0.05, 0) is 86.1 Å². The van der Waals surface area contributed by atoms with Crippen molar-refractivity contribution in [2.75, 3.05) is 13.9 Å². The summed E-state index contributed by atoms with van der Waals surface area (Å²) >= 11 is 7.11. The van der Waals surface area contributed by atoms with E-state index in [-0.39, 0.29) is 18.7 Å². The molecular formula is C29H27NO6S2. The predicted octanol–water partition coefficient (Wildman–Crippen LogP) is 6.06. The standard InChI is InChI=1S/C29H27NO6S2/c1-33-14-34-24-13-26(31)36-23-4-2-17(11-21(23)24)22-5-3-20(35-22)12-25-28(32)30(29(37)38-25)27-18-7-15-6-16(9-18)10-19(27)8-15/h2-5,11-13,15-16,18-19,27H,6-10,14H2,1H3/b25-12+. The predicted molar refractivity (Wildman–Crippen MR) is 149 cm³/mol. The Morgan fingerprint density at radius 2 is 1.79 bits per heavy atom. The van der Waals surface area contributed by atoms with E-state index in [0.717, 1.165) is 17.4 Å². The normalized spacial score (nSPS) is 29.2. The molecule has 0 spiro atoms. The van der Waals surface area contributed by atoms with E-state index in [0.29, 0.717) is 49.3 Å². The lowest BCUT2D eigenvalue weighted by Crippen LogP contribution is -2.57. The van der Waals surface area contributed by atoms with Crippen molar-refractivity contribution in [3.63, 3.8) is 0 Å². The number of rotatable bonds is 6. The van der Waals surface area contributed by atoms with Crippen molar-refractivity contribution in [1.29, 1.82) is 0 Å². The van der Waals surface area contributed by atoms with Crippen molar-refractivity contribution >= 4 is 51.3 Å². The highest BCUT2D eigenvalue weighted by Gasteiger charge is 2.53. The molecule has 3 aromatic rings. The molecule has 4 saturated carbocycles. The summed E-state index contributed by atoms with van der Waals surface area (Å²) < 4.78 is 22.7. The van der Waals surface area contributed by atoms with Gasteiger partial charge in [0.2, 0.25) is 0 Å². The van der Waals surface area contributed by atoms with Crippen LogP contribution in [0.25, 0.3) is 28.4 Å². The van der Waals surface area contributed by atoms with E-state index in [1.807, 2.05) is 29.2 Å². The van der Waals surface area contributed by atoms with Crippen LogP contribution < -0.4 is 10.4 Å². The first-order chi connectivity index (χ1) is 18.5.